The molecule has 4 aromatic rings. The van der Waals surface area contributed by atoms with Crippen LogP contribution >= 0.6 is 11.3 Å². The van der Waals surface area contributed by atoms with Crippen LogP contribution in [0.2, 0.25) is 0 Å². The Morgan fingerprint density at radius 3 is 2.42 bits per heavy atom. The molecule has 2 aromatic carbocycles. The predicted octanol–water partition coefficient (Wildman–Crippen LogP) is 6.71. The van der Waals surface area contributed by atoms with Gasteiger partial charge in [0.15, 0.2) is 11.5 Å². The van der Waals surface area contributed by atoms with Gasteiger partial charge in [-0.05, 0) is 57.7 Å². The summed E-state index contributed by atoms with van der Waals surface area (Å²) >= 11 is 0.742. The average Bonchev–Trinajstić information content (AvgIpc) is 3.51. The van der Waals surface area contributed by atoms with Crippen LogP contribution in [0, 0.1) is 11.6 Å². The van der Waals surface area contributed by atoms with E-state index in [0.29, 0.717) is 31.0 Å². The van der Waals surface area contributed by atoms with Gasteiger partial charge < -0.3 is 25.0 Å². The number of nitrogens with zero attached hydrogens (tertiary/aromatic N) is 4. The number of alkyl carbamates (subject to hydrolysis) is 1. The maximum Gasteiger partial charge on any atom is 0.412 e. The van der Waals surface area contributed by atoms with Crippen LogP contribution in [0.1, 0.15) is 56.1 Å². The van der Waals surface area contributed by atoms with Gasteiger partial charge in [-0.3, -0.25) is 14.8 Å². The molecule has 12 nitrogen and oxygen atoms in total. The lowest BCUT2D eigenvalue weighted by Gasteiger charge is -2.24. The fourth-order valence-corrected chi connectivity index (χ4v) is 6.22. The minimum atomic E-state index is -0.868. The molecule has 0 radical (unpaired) electrons. The quantitative estimate of drug-likeness (QED) is 0.187. The number of carbonyl (C=O) groups is 3. The molecule has 3 amide bonds. The number of hydrogen-bond acceptors (Lipinski definition) is 9. The van der Waals surface area contributed by atoms with Crippen molar-refractivity contribution in [2.75, 3.05) is 28.6 Å². The highest BCUT2D eigenvalue weighted by Gasteiger charge is 2.28. The number of ether oxygens (including phenoxy) is 2. The number of thiazole rings is 1. The first-order valence-corrected chi connectivity index (χ1v) is 16.2. The van der Waals surface area contributed by atoms with E-state index in [4.69, 9.17) is 9.47 Å². The molecule has 48 heavy (non-hydrogen) atoms. The van der Waals surface area contributed by atoms with Crippen LogP contribution in [0.25, 0.3) is 10.6 Å². The van der Waals surface area contributed by atoms with Crippen LogP contribution in [0.5, 0.6) is 0 Å². The van der Waals surface area contributed by atoms with Gasteiger partial charge in [0.1, 0.15) is 39.5 Å². The van der Waals surface area contributed by atoms with Gasteiger partial charge in [0.2, 0.25) is 0 Å². The van der Waals surface area contributed by atoms with Gasteiger partial charge in [0.25, 0.3) is 5.91 Å². The van der Waals surface area contributed by atoms with Gasteiger partial charge in [0, 0.05) is 26.2 Å². The van der Waals surface area contributed by atoms with Crippen molar-refractivity contribution in [2.24, 2.45) is 7.05 Å². The van der Waals surface area contributed by atoms with Crippen LogP contribution in [0.15, 0.2) is 54.7 Å². The summed E-state index contributed by atoms with van der Waals surface area (Å²) in [5.74, 6) is -1.85. The molecule has 0 saturated carbocycles. The van der Waals surface area contributed by atoms with E-state index >= 15 is 0 Å². The predicted molar refractivity (Wildman–Crippen MR) is 178 cm³/mol. The first-order valence-electron chi connectivity index (χ1n) is 15.4. The van der Waals surface area contributed by atoms with Crippen molar-refractivity contribution in [2.45, 2.75) is 58.3 Å². The minimum absolute atomic E-state index is 0.0484. The average molecular weight is 682 g/mol. The zero-order valence-electron chi connectivity index (χ0n) is 27.0. The smallest absolute Gasteiger partial charge is 0.412 e. The Hall–Kier alpha value is -5.05. The zero-order valence-corrected chi connectivity index (χ0v) is 27.8. The summed E-state index contributed by atoms with van der Waals surface area (Å²) in [6.07, 6.45) is 2.23. The van der Waals surface area contributed by atoms with Crippen LogP contribution < -0.4 is 20.9 Å². The molecule has 1 atom stereocenters. The van der Waals surface area contributed by atoms with E-state index in [1.807, 2.05) is 30.3 Å². The van der Waals surface area contributed by atoms with E-state index in [1.54, 1.807) is 32.5 Å². The van der Waals surface area contributed by atoms with E-state index in [9.17, 15) is 23.2 Å². The molecule has 254 valence electrons. The van der Waals surface area contributed by atoms with E-state index in [1.165, 1.54) is 12.3 Å². The lowest BCUT2D eigenvalue weighted by Crippen LogP contribution is -2.36. The molecule has 15 heteroatoms. The Morgan fingerprint density at radius 2 is 1.71 bits per heavy atom. The minimum Gasteiger partial charge on any atom is -0.445 e. The molecule has 0 bridgehead atoms. The van der Waals surface area contributed by atoms with Crippen molar-refractivity contribution in [3.8, 4) is 10.6 Å². The van der Waals surface area contributed by atoms with Crippen molar-refractivity contribution >= 4 is 45.9 Å². The Labute approximate surface area is 280 Å². The summed E-state index contributed by atoms with van der Waals surface area (Å²) in [7, 11) is 1.74. The third-order valence-electron chi connectivity index (χ3n) is 7.35. The van der Waals surface area contributed by atoms with Gasteiger partial charge in [-0.15, -0.1) is 0 Å². The lowest BCUT2D eigenvalue weighted by atomic mass is 10.1. The van der Waals surface area contributed by atoms with Gasteiger partial charge in [-0.25, -0.2) is 23.4 Å². The fourth-order valence-electron chi connectivity index (χ4n) is 5.22. The Balaban J connectivity index is 1.30. The third kappa shape index (κ3) is 8.64. The largest absolute Gasteiger partial charge is 0.445 e. The second kappa shape index (κ2) is 14.8. The number of aromatic nitrogens is 3. The first-order chi connectivity index (χ1) is 22.9. The summed E-state index contributed by atoms with van der Waals surface area (Å²) in [6, 6.07) is 12.7. The zero-order chi connectivity index (χ0) is 34.4. The fraction of sp³-hybridized carbons (Fsp3) is 0.364. The monoisotopic (exact) mass is 681 g/mol. The molecular weight excluding hydrogens is 644 g/mol. The molecule has 3 N–H and O–H groups in total. The molecule has 1 aliphatic heterocycles. The van der Waals surface area contributed by atoms with Crippen molar-refractivity contribution in [1.29, 1.82) is 0 Å². The number of hydrogen-bond donors (Lipinski definition) is 3. The van der Waals surface area contributed by atoms with E-state index < -0.39 is 40.9 Å². The number of nitrogens with one attached hydrogen (secondary N) is 3. The van der Waals surface area contributed by atoms with Gasteiger partial charge >= 0.3 is 12.2 Å². The number of anilines is 3. The molecule has 5 rings (SSSR count). The molecule has 0 aliphatic carbocycles. The van der Waals surface area contributed by atoms with E-state index in [-0.39, 0.29) is 28.4 Å². The molecule has 1 saturated heterocycles. The summed E-state index contributed by atoms with van der Waals surface area (Å²) in [6.45, 7) is 6.37. The van der Waals surface area contributed by atoms with Gasteiger partial charge in [0.05, 0.1) is 11.8 Å². The second-order valence-electron chi connectivity index (χ2n) is 12.2. The van der Waals surface area contributed by atoms with Crippen LogP contribution in [-0.2, 0) is 23.1 Å². The molecule has 0 unspecified atom stereocenters. The molecule has 2 aromatic heterocycles. The summed E-state index contributed by atoms with van der Waals surface area (Å²) < 4.78 is 41.7. The number of amides is 3. The van der Waals surface area contributed by atoms with Crippen LogP contribution in [-0.4, -0.2) is 57.6 Å². The summed E-state index contributed by atoms with van der Waals surface area (Å²) in [5.41, 5.74) is -0.260. The van der Waals surface area contributed by atoms with Crippen LogP contribution in [0.4, 0.5) is 34.9 Å². The Kier molecular flexibility index (Phi) is 10.6. The number of aryl methyl sites for hydroxylation is 1. The number of rotatable bonds is 8. The third-order valence-corrected chi connectivity index (χ3v) is 8.34. The normalized spacial score (nSPS) is 15.0. The standard InChI is InChI=1S/C33H37F2N7O5S/c1-33(2,3)47-32(45)40-29-26(39-28(48-29)25-22(34)13-8-14-23(25)35)27(43)38-24-18-36-41(4)30(24)42-16-9-12-21(15-17-42)37-31(44)46-19-20-10-6-5-7-11-20/h5-8,10-11,13-14,18,21H,9,12,15-17,19H2,1-4H3,(H,37,44)(H,38,43)(H,40,45)/t21-/m1/s1. The van der Waals surface area contributed by atoms with E-state index in [2.05, 4.69) is 30.9 Å². The second-order valence-corrected chi connectivity index (χ2v) is 13.2. The highest BCUT2D eigenvalue weighted by molar-refractivity contribution is 7.19. The highest BCUT2D eigenvalue weighted by Crippen LogP contribution is 2.36. The summed E-state index contributed by atoms with van der Waals surface area (Å²) in [5, 5.41) is 12.4. The molecular formula is C33H37F2N7O5S. The topological polar surface area (TPSA) is 140 Å². The number of carbonyl (C=O) groups excluding carboxylic acids is 3. The van der Waals surface area contributed by atoms with Crippen molar-refractivity contribution in [3.63, 3.8) is 0 Å². The first kappa shape index (κ1) is 34.3. The van der Waals surface area contributed by atoms with Crippen molar-refractivity contribution < 1.29 is 32.6 Å². The highest BCUT2D eigenvalue weighted by atomic mass is 32.1. The SMILES string of the molecule is Cn1ncc(NC(=O)c2nc(-c3c(F)cccc3F)sc2NC(=O)OC(C)(C)C)c1N1CCC[C@@H](NC(=O)OCc2ccccc2)CC1. The van der Waals surface area contributed by atoms with Gasteiger partial charge in [-0.2, -0.15) is 5.10 Å². The van der Waals surface area contributed by atoms with Crippen LogP contribution in [0.3, 0.4) is 0 Å². The number of halogens is 2. The Morgan fingerprint density at radius 1 is 0.979 bits per heavy atom. The molecule has 3 heterocycles. The molecule has 1 aliphatic rings. The molecule has 0 spiro atoms. The van der Waals surface area contributed by atoms with Gasteiger partial charge in [-0.1, -0.05) is 47.7 Å². The van der Waals surface area contributed by atoms with E-state index in [0.717, 1.165) is 41.9 Å². The molecule has 1 fully saturated rings. The Bertz CT molecular complexity index is 1750. The maximum absolute atomic E-state index is 14.7. The maximum atomic E-state index is 14.7. The number of benzene rings is 2. The lowest BCUT2D eigenvalue weighted by molar-refractivity contribution is 0.0636. The van der Waals surface area contributed by atoms with Crippen molar-refractivity contribution in [3.05, 3.63) is 77.6 Å². The summed E-state index contributed by atoms with van der Waals surface area (Å²) in [4.78, 5) is 45.1. The van der Waals surface area contributed by atoms with Crippen molar-refractivity contribution in [1.82, 2.24) is 20.1 Å².